The molecule has 1 amide bonds. The third-order valence-corrected chi connectivity index (χ3v) is 4.90. The van der Waals surface area contributed by atoms with E-state index in [9.17, 15) is 24.8 Å². The van der Waals surface area contributed by atoms with Gasteiger partial charge in [-0.3, -0.25) is 19.7 Å². The number of anilines is 1. The maximum atomic E-state index is 12.2. The minimum atomic E-state index is -1.07. The van der Waals surface area contributed by atoms with E-state index in [0.29, 0.717) is 22.7 Å². The quantitative estimate of drug-likeness (QED) is 0.303. The lowest BCUT2D eigenvalue weighted by molar-refractivity contribution is -0.387. The minimum Gasteiger partial charge on any atom is -0.493 e. The van der Waals surface area contributed by atoms with Crippen LogP contribution < -0.4 is 20.3 Å². The third-order valence-electron chi connectivity index (χ3n) is 4.21. The molecular weight excluding hydrogens is 500 g/mol. The fourth-order valence-electron chi connectivity index (χ4n) is 2.69. The highest BCUT2D eigenvalue weighted by Gasteiger charge is 2.21. The molecule has 0 unspecified atom stereocenters. The first-order valence-corrected chi connectivity index (χ1v) is 10.1. The average Bonchev–Trinajstić information content (AvgIpc) is 2.77. The largest absolute Gasteiger partial charge is 0.493 e. The van der Waals surface area contributed by atoms with Crippen molar-refractivity contribution in [3.05, 3.63) is 78.8 Å². The maximum Gasteiger partial charge on any atom is 0.395 e. The van der Waals surface area contributed by atoms with Crippen LogP contribution in [0.5, 0.6) is 17.4 Å². The number of hydrogen-bond donors (Lipinski definition) is 3. The minimum absolute atomic E-state index is 0.0777. The number of carbonyl (C=O) groups excluding carboxylic acids is 1. The molecular formula is C21H17BrN4O7. The number of aromatic nitrogens is 2. The van der Waals surface area contributed by atoms with Gasteiger partial charge in [0.15, 0.2) is 18.1 Å². The molecule has 3 N–H and O–H groups in total. The van der Waals surface area contributed by atoms with Gasteiger partial charge in [0, 0.05) is 4.47 Å². The zero-order valence-corrected chi connectivity index (χ0v) is 18.7. The van der Waals surface area contributed by atoms with E-state index in [-0.39, 0.29) is 18.3 Å². The molecule has 0 atom stereocenters. The molecule has 12 heteroatoms. The topological polar surface area (TPSA) is 157 Å². The van der Waals surface area contributed by atoms with Crippen LogP contribution in [0.1, 0.15) is 11.4 Å². The Labute approximate surface area is 195 Å². The lowest BCUT2D eigenvalue weighted by Crippen LogP contribution is -2.20. The van der Waals surface area contributed by atoms with Crippen LogP contribution in [0.4, 0.5) is 11.4 Å². The highest BCUT2D eigenvalue weighted by Crippen LogP contribution is 2.29. The first-order valence-electron chi connectivity index (χ1n) is 9.29. The van der Waals surface area contributed by atoms with Crippen molar-refractivity contribution in [3.8, 4) is 17.4 Å². The van der Waals surface area contributed by atoms with Gasteiger partial charge in [0.05, 0.1) is 17.7 Å². The lowest BCUT2D eigenvalue weighted by Gasteiger charge is -2.12. The van der Waals surface area contributed by atoms with E-state index in [0.717, 1.165) is 4.47 Å². The van der Waals surface area contributed by atoms with E-state index in [1.807, 2.05) is 6.07 Å². The van der Waals surface area contributed by atoms with E-state index in [1.165, 1.54) is 19.3 Å². The Morgan fingerprint density at radius 3 is 2.70 bits per heavy atom. The number of methoxy groups -OCH3 is 1. The Morgan fingerprint density at radius 1 is 1.27 bits per heavy atom. The van der Waals surface area contributed by atoms with E-state index < -0.39 is 22.0 Å². The van der Waals surface area contributed by atoms with E-state index in [2.05, 4.69) is 31.2 Å². The first-order chi connectivity index (χ1) is 15.8. The number of ether oxygens (including phenoxy) is 2. The van der Waals surface area contributed by atoms with Crippen molar-refractivity contribution in [2.75, 3.05) is 19.0 Å². The molecule has 0 saturated carbocycles. The second kappa shape index (κ2) is 10.4. The summed E-state index contributed by atoms with van der Waals surface area (Å²) in [6, 6.07) is 12.0. The molecule has 0 spiro atoms. The van der Waals surface area contributed by atoms with Crippen molar-refractivity contribution >= 4 is 45.4 Å². The summed E-state index contributed by atoms with van der Waals surface area (Å²) in [5.41, 5.74) is -0.881. The Morgan fingerprint density at radius 2 is 2.03 bits per heavy atom. The molecule has 3 aromatic rings. The molecule has 1 heterocycles. The summed E-state index contributed by atoms with van der Waals surface area (Å²) in [5.74, 6) is -0.743. The summed E-state index contributed by atoms with van der Waals surface area (Å²) < 4.78 is 11.6. The van der Waals surface area contributed by atoms with Gasteiger partial charge in [-0.1, -0.05) is 24.3 Å². The number of rotatable bonds is 8. The van der Waals surface area contributed by atoms with E-state index in [1.54, 1.807) is 36.4 Å². The molecule has 170 valence electrons. The van der Waals surface area contributed by atoms with Crippen molar-refractivity contribution < 1.29 is 24.3 Å². The van der Waals surface area contributed by atoms with Gasteiger partial charge in [0.1, 0.15) is 5.82 Å². The monoisotopic (exact) mass is 516 g/mol. The number of nitro groups is 1. The molecule has 3 rings (SSSR count). The normalized spacial score (nSPS) is 10.7. The predicted molar refractivity (Wildman–Crippen MR) is 123 cm³/mol. The molecule has 0 aliphatic heterocycles. The second-order valence-electron chi connectivity index (χ2n) is 6.44. The number of hydrogen-bond acceptors (Lipinski definition) is 8. The second-order valence-corrected chi connectivity index (χ2v) is 7.30. The number of H-pyrrole nitrogens is 1. The molecule has 0 aliphatic carbocycles. The molecule has 0 fully saturated rings. The van der Waals surface area contributed by atoms with Gasteiger partial charge in [0.25, 0.3) is 11.8 Å². The van der Waals surface area contributed by atoms with Gasteiger partial charge in [-0.2, -0.15) is 4.98 Å². The number of aromatic hydroxyl groups is 1. The predicted octanol–water partition coefficient (Wildman–Crippen LogP) is 3.34. The summed E-state index contributed by atoms with van der Waals surface area (Å²) in [4.78, 5) is 39.4. The van der Waals surface area contributed by atoms with Gasteiger partial charge < -0.3 is 24.9 Å². The van der Waals surface area contributed by atoms with Crippen molar-refractivity contribution in [2.24, 2.45) is 0 Å². The van der Waals surface area contributed by atoms with Crippen LogP contribution >= 0.6 is 15.9 Å². The van der Waals surface area contributed by atoms with Crippen LogP contribution in [0.15, 0.2) is 51.7 Å². The Kier molecular flexibility index (Phi) is 7.41. The number of nitrogens with zero attached hydrogens (tertiary/aromatic N) is 2. The summed E-state index contributed by atoms with van der Waals surface area (Å²) in [6.07, 6.45) is 2.89. The number of benzene rings is 2. The van der Waals surface area contributed by atoms with Crippen LogP contribution in [0.2, 0.25) is 0 Å². The number of para-hydroxylation sites is 1. The smallest absolute Gasteiger partial charge is 0.395 e. The average molecular weight is 517 g/mol. The highest BCUT2D eigenvalue weighted by molar-refractivity contribution is 9.10. The van der Waals surface area contributed by atoms with E-state index in [4.69, 9.17) is 9.47 Å². The standard InChI is InChI=1S/C21H17BrN4O7/c1-32-16-10-12(7-9-17-24-20(28)19(26(30)31)21(29)25-17)6-8-15(16)33-11-18(27)23-14-5-3-2-4-13(14)22/h2-10H,11H2,1H3,(H,23,27)(H2,24,25,28,29)/b9-7+. The van der Waals surface area contributed by atoms with Crippen molar-refractivity contribution in [1.82, 2.24) is 9.97 Å². The molecule has 2 aromatic carbocycles. The molecule has 33 heavy (non-hydrogen) atoms. The molecule has 1 aromatic heterocycles. The fourth-order valence-corrected chi connectivity index (χ4v) is 3.07. The zero-order chi connectivity index (χ0) is 24.0. The van der Waals surface area contributed by atoms with Gasteiger partial charge in [-0.05, 0) is 51.8 Å². The van der Waals surface area contributed by atoms with Crippen LogP contribution in [-0.2, 0) is 4.79 Å². The van der Waals surface area contributed by atoms with Crippen molar-refractivity contribution in [1.29, 1.82) is 0 Å². The van der Waals surface area contributed by atoms with Crippen LogP contribution in [0.3, 0.4) is 0 Å². The molecule has 0 saturated heterocycles. The highest BCUT2D eigenvalue weighted by atomic mass is 79.9. The van der Waals surface area contributed by atoms with E-state index >= 15 is 0 Å². The van der Waals surface area contributed by atoms with Crippen molar-refractivity contribution in [2.45, 2.75) is 0 Å². The van der Waals surface area contributed by atoms with Crippen LogP contribution in [0.25, 0.3) is 12.2 Å². The van der Waals surface area contributed by atoms with Gasteiger partial charge in [0.2, 0.25) is 0 Å². The number of carbonyl (C=O) groups is 1. The SMILES string of the molecule is COc1cc(/C=C/c2nc(O)c([N+](=O)[O-])c(=O)[nH]2)ccc1OCC(=O)Nc1ccccc1Br. The van der Waals surface area contributed by atoms with Gasteiger partial charge in [-0.15, -0.1) is 0 Å². The fraction of sp³-hybridized carbons (Fsp3) is 0.0952. The molecule has 0 bridgehead atoms. The summed E-state index contributed by atoms with van der Waals surface area (Å²) in [7, 11) is 1.43. The number of halogens is 1. The third kappa shape index (κ3) is 5.95. The van der Waals surface area contributed by atoms with Gasteiger partial charge in [-0.25, -0.2) is 0 Å². The maximum absolute atomic E-state index is 12.2. The zero-order valence-electron chi connectivity index (χ0n) is 17.1. The Bertz CT molecular complexity index is 1290. The summed E-state index contributed by atoms with van der Waals surface area (Å²) >= 11 is 3.35. The molecule has 0 radical (unpaired) electrons. The van der Waals surface area contributed by atoms with Gasteiger partial charge >= 0.3 is 11.2 Å². The summed E-state index contributed by atoms with van der Waals surface area (Å²) in [5, 5.41) is 23.1. The Hall–Kier alpha value is -4.19. The number of amides is 1. The summed E-state index contributed by atoms with van der Waals surface area (Å²) in [6.45, 7) is -0.250. The number of aromatic amines is 1. The first kappa shape index (κ1) is 23.5. The van der Waals surface area contributed by atoms with Crippen molar-refractivity contribution in [3.63, 3.8) is 0 Å². The van der Waals surface area contributed by atoms with Crippen LogP contribution in [0, 0.1) is 10.1 Å². The van der Waals surface area contributed by atoms with Crippen LogP contribution in [-0.4, -0.2) is 39.6 Å². The number of nitrogens with one attached hydrogen (secondary N) is 2. The molecule has 0 aliphatic rings. The molecule has 11 nitrogen and oxygen atoms in total. The lowest BCUT2D eigenvalue weighted by atomic mass is 10.2. The Balaban J connectivity index is 1.69.